The second-order valence-electron chi connectivity index (χ2n) is 7.45. The summed E-state index contributed by atoms with van der Waals surface area (Å²) in [4.78, 5) is 21.2. The second-order valence-corrected chi connectivity index (χ2v) is 7.89. The zero-order valence-corrected chi connectivity index (χ0v) is 17.6. The molecule has 2 aromatic heterocycles. The van der Waals surface area contributed by atoms with Gasteiger partial charge in [-0.05, 0) is 42.7 Å². The van der Waals surface area contributed by atoms with Crippen molar-refractivity contribution in [2.45, 2.75) is 38.4 Å². The number of anilines is 1. The van der Waals surface area contributed by atoms with E-state index in [0.717, 1.165) is 22.3 Å². The number of halogens is 3. The van der Waals surface area contributed by atoms with Crippen LogP contribution in [0, 0.1) is 5.82 Å². The molecule has 0 aliphatic carbocycles. The van der Waals surface area contributed by atoms with E-state index in [0.29, 0.717) is 17.3 Å². The molecular formula is C21H20ClF2N5O2. The van der Waals surface area contributed by atoms with Gasteiger partial charge in [-0.3, -0.25) is 0 Å². The summed E-state index contributed by atoms with van der Waals surface area (Å²) in [6.45, 7) is 3.10. The number of carbonyl (C=O) groups excluding carboxylic acids is 1. The molecule has 1 aromatic carbocycles. The molecule has 1 fully saturated rings. The van der Waals surface area contributed by atoms with Crippen molar-refractivity contribution in [3.8, 4) is 5.69 Å². The smallest absolute Gasteiger partial charge is 0.416 e. The first kappa shape index (κ1) is 21.2. The van der Waals surface area contributed by atoms with Crippen molar-refractivity contribution in [2.24, 2.45) is 0 Å². The van der Waals surface area contributed by atoms with Gasteiger partial charge in [0.1, 0.15) is 24.6 Å². The SMILES string of the molecule is C[C@H](Cc1ncc(F)c(N2C(=O)OC[C@@H]2[C@H](C)F)n1)c1cnn(-c2ccc(Cl)cc2)c1. The van der Waals surface area contributed by atoms with Crippen LogP contribution in [0.3, 0.4) is 0 Å². The lowest BCUT2D eigenvalue weighted by Gasteiger charge is -2.22. The van der Waals surface area contributed by atoms with E-state index in [-0.39, 0.29) is 18.3 Å². The number of aromatic nitrogens is 4. The van der Waals surface area contributed by atoms with Gasteiger partial charge in [0.15, 0.2) is 11.6 Å². The molecule has 31 heavy (non-hydrogen) atoms. The third-order valence-corrected chi connectivity index (χ3v) is 5.44. The van der Waals surface area contributed by atoms with E-state index in [2.05, 4.69) is 15.1 Å². The van der Waals surface area contributed by atoms with E-state index < -0.39 is 24.1 Å². The van der Waals surface area contributed by atoms with Gasteiger partial charge in [0.2, 0.25) is 0 Å². The maximum atomic E-state index is 14.4. The summed E-state index contributed by atoms with van der Waals surface area (Å²) >= 11 is 5.93. The third-order valence-electron chi connectivity index (χ3n) is 5.19. The molecule has 1 aliphatic rings. The van der Waals surface area contributed by atoms with Gasteiger partial charge in [0.05, 0.1) is 18.1 Å². The predicted molar refractivity (Wildman–Crippen MR) is 111 cm³/mol. The molecule has 1 amide bonds. The van der Waals surface area contributed by atoms with Gasteiger partial charge < -0.3 is 4.74 Å². The Morgan fingerprint density at radius 3 is 2.71 bits per heavy atom. The first-order chi connectivity index (χ1) is 14.8. The topological polar surface area (TPSA) is 73.1 Å². The molecule has 4 rings (SSSR count). The van der Waals surface area contributed by atoms with Crippen LogP contribution < -0.4 is 4.90 Å². The second kappa shape index (κ2) is 8.58. The average Bonchev–Trinajstić information content (AvgIpc) is 3.37. The molecule has 0 N–H and O–H groups in total. The van der Waals surface area contributed by atoms with Gasteiger partial charge in [0.25, 0.3) is 0 Å². The molecule has 3 heterocycles. The number of nitrogens with zero attached hydrogens (tertiary/aromatic N) is 5. The van der Waals surface area contributed by atoms with Crippen LogP contribution in [0.1, 0.15) is 31.2 Å². The molecule has 0 spiro atoms. The highest BCUT2D eigenvalue weighted by atomic mass is 35.5. The summed E-state index contributed by atoms with van der Waals surface area (Å²) in [7, 11) is 0. The average molecular weight is 448 g/mol. The number of amides is 1. The molecule has 0 radical (unpaired) electrons. The maximum Gasteiger partial charge on any atom is 0.416 e. The number of hydrogen-bond acceptors (Lipinski definition) is 5. The number of alkyl halides is 1. The Bertz CT molecular complexity index is 1090. The number of cyclic esters (lactones) is 1. The van der Waals surface area contributed by atoms with Crippen molar-refractivity contribution in [1.29, 1.82) is 0 Å². The van der Waals surface area contributed by atoms with Crippen molar-refractivity contribution in [2.75, 3.05) is 11.5 Å². The van der Waals surface area contributed by atoms with Crippen molar-refractivity contribution in [1.82, 2.24) is 19.7 Å². The summed E-state index contributed by atoms with van der Waals surface area (Å²) in [5.41, 5.74) is 1.79. The van der Waals surface area contributed by atoms with Gasteiger partial charge >= 0.3 is 6.09 Å². The highest BCUT2D eigenvalue weighted by molar-refractivity contribution is 6.30. The van der Waals surface area contributed by atoms with Crippen molar-refractivity contribution < 1.29 is 18.3 Å². The van der Waals surface area contributed by atoms with Crippen molar-refractivity contribution in [3.05, 3.63) is 65.1 Å². The number of carbonyl (C=O) groups is 1. The minimum Gasteiger partial charge on any atom is -0.447 e. The Labute approximate surface area is 182 Å². The molecular weight excluding hydrogens is 428 g/mol. The van der Waals surface area contributed by atoms with Crippen molar-refractivity contribution >= 4 is 23.5 Å². The minimum absolute atomic E-state index is 0.0409. The number of ether oxygens (including phenoxy) is 1. The number of rotatable bonds is 6. The van der Waals surface area contributed by atoms with Gasteiger partial charge in [0, 0.05) is 17.6 Å². The van der Waals surface area contributed by atoms with Crippen LogP contribution in [0.5, 0.6) is 0 Å². The standard InChI is InChI=1S/C21H20ClF2N5O2/c1-12(14-8-26-28(10-14)16-5-3-15(22)4-6-16)7-19-25-9-17(24)20(27-19)29-18(13(2)23)11-31-21(29)30/h3-6,8-10,12-13,18H,7,11H2,1-2H3/t12-,13+,18-/m1/s1. The fourth-order valence-electron chi connectivity index (χ4n) is 3.40. The highest BCUT2D eigenvalue weighted by Crippen LogP contribution is 2.28. The van der Waals surface area contributed by atoms with E-state index >= 15 is 0 Å². The zero-order valence-electron chi connectivity index (χ0n) is 16.9. The zero-order chi connectivity index (χ0) is 22.1. The Kier molecular flexibility index (Phi) is 5.86. The van der Waals surface area contributed by atoms with Crippen LogP contribution in [0.4, 0.5) is 19.4 Å². The fraction of sp³-hybridized carbons (Fsp3) is 0.333. The summed E-state index contributed by atoms with van der Waals surface area (Å²) in [5.74, 6) is -0.795. The molecule has 10 heteroatoms. The molecule has 162 valence electrons. The van der Waals surface area contributed by atoms with Crippen LogP contribution in [-0.4, -0.2) is 44.7 Å². The molecule has 0 saturated carbocycles. The molecule has 0 unspecified atom stereocenters. The molecule has 3 atom stereocenters. The van der Waals surface area contributed by atoms with Crippen LogP contribution in [0.15, 0.2) is 42.9 Å². The Morgan fingerprint density at radius 2 is 2.00 bits per heavy atom. The third kappa shape index (κ3) is 4.36. The Balaban J connectivity index is 1.54. The summed E-state index contributed by atoms with van der Waals surface area (Å²) in [6, 6.07) is 6.35. The molecule has 1 aliphatic heterocycles. The van der Waals surface area contributed by atoms with Crippen LogP contribution >= 0.6 is 11.6 Å². The van der Waals surface area contributed by atoms with E-state index in [1.54, 1.807) is 23.0 Å². The monoisotopic (exact) mass is 447 g/mol. The van der Waals surface area contributed by atoms with Gasteiger partial charge in [-0.15, -0.1) is 0 Å². The first-order valence-electron chi connectivity index (χ1n) is 9.75. The van der Waals surface area contributed by atoms with Gasteiger partial charge in [-0.2, -0.15) is 5.10 Å². The molecule has 0 bridgehead atoms. The van der Waals surface area contributed by atoms with E-state index in [4.69, 9.17) is 16.3 Å². The summed E-state index contributed by atoms with van der Waals surface area (Å²) < 4.78 is 34.9. The van der Waals surface area contributed by atoms with Crippen LogP contribution in [0.2, 0.25) is 5.02 Å². The van der Waals surface area contributed by atoms with Gasteiger partial charge in [-0.25, -0.2) is 33.1 Å². The van der Waals surface area contributed by atoms with Gasteiger partial charge in [-0.1, -0.05) is 18.5 Å². The normalized spacial score (nSPS) is 18.2. The number of benzene rings is 1. The quantitative estimate of drug-likeness (QED) is 0.557. The Morgan fingerprint density at radius 1 is 1.26 bits per heavy atom. The summed E-state index contributed by atoms with van der Waals surface area (Å²) in [6.07, 6.45) is 2.77. The van der Waals surface area contributed by atoms with Crippen LogP contribution in [-0.2, 0) is 11.2 Å². The molecule has 3 aromatic rings. The minimum atomic E-state index is -1.40. The van der Waals surface area contributed by atoms with Crippen molar-refractivity contribution in [3.63, 3.8) is 0 Å². The highest BCUT2D eigenvalue weighted by Gasteiger charge is 2.40. The molecule has 7 nitrogen and oxygen atoms in total. The lowest BCUT2D eigenvalue weighted by atomic mass is 10.0. The lowest BCUT2D eigenvalue weighted by molar-refractivity contribution is 0.174. The summed E-state index contributed by atoms with van der Waals surface area (Å²) in [5, 5.41) is 5.01. The fourth-order valence-corrected chi connectivity index (χ4v) is 3.52. The predicted octanol–water partition coefficient (Wildman–Crippen LogP) is 4.48. The van der Waals surface area contributed by atoms with E-state index in [1.165, 1.54) is 6.92 Å². The lowest BCUT2D eigenvalue weighted by Crippen LogP contribution is -2.40. The maximum absolute atomic E-state index is 14.4. The largest absolute Gasteiger partial charge is 0.447 e. The number of hydrogen-bond donors (Lipinski definition) is 0. The van der Waals surface area contributed by atoms with E-state index in [1.807, 2.05) is 25.3 Å². The van der Waals surface area contributed by atoms with E-state index in [9.17, 15) is 13.6 Å². The molecule has 1 saturated heterocycles. The Hall–Kier alpha value is -3.07. The first-order valence-corrected chi connectivity index (χ1v) is 10.1. The van der Waals surface area contributed by atoms with Crippen LogP contribution in [0.25, 0.3) is 5.69 Å².